The van der Waals surface area contributed by atoms with Gasteiger partial charge in [0.2, 0.25) is 0 Å². The van der Waals surface area contributed by atoms with Crippen LogP contribution in [0.4, 0.5) is 16.3 Å². The summed E-state index contributed by atoms with van der Waals surface area (Å²) in [5, 5.41) is 2.52. The lowest BCUT2D eigenvalue weighted by Gasteiger charge is -2.19. The number of carbonyl (C=O) groups excluding carboxylic acids is 1. The predicted octanol–water partition coefficient (Wildman–Crippen LogP) is 2.77. The van der Waals surface area contributed by atoms with Crippen LogP contribution in [0.3, 0.4) is 0 Å². The van der Waals surface area contributed by atoms with Crippen molar-refractivity contribution < 1.29 is 9.53 Å². The summed E-state index contributed by atoms with van der Waals surface area (Å²) in [5.74, 6) is 0.236. The Morgan fingerprint density at radius 1 is 1.50 bits per heavy atom. The second-order valence-corrected chi connectivity index (χ2v) is 5.01. The van der Waals surface area contributed by atoms with Crippen molar-refractivity contribution in [3.05, 3.63) is 16.7 Å². The molecule has 0 radical (unpaired) electrons. The summed E-state index contributed by atoms with van der Waals surface area (Å²) < 4.78 is 5.69. The maximum absolute atomic E-state index is 11.4. The first kappa shape index (κ1) is 12.8. The zero-order chi connectivity index (χ0) is 12.3. The topological polar surface area (TPSA) is 77.2 Å². The molecule has 0 fully saturated rings. The molecule has 0 atom stereocenters. The number of hydrogen-bond donors (Lipinski definition) is 2. The van der Waals surface area contributed by atoms with E-state index in [9.17, 15) is 4.79 Å². The fourth-order valence-corrected chi connectivity index (χ4v) is 1.29. The van der Waals surface area contributed by atoms with Gasteiger partial charge in [0.25, 0.3) is 0 Å². The maximum atomic E-state index is 11.4. The van der Waals surface area contributed by atoms with Crippen molar-refractivity contribution in [1.82, 2.24) is 4.98 Å². The third-order valence-electron chi connectivity index (χ3n) is 1.53. The molecule has 0 bridgehead atoms. The van der Waals surface area contributed by atoms with Crippen molar-refractivity contribution in [2.75, 3.05) is 11.1 Å². The van der Waals surface area contributed by atoms with Crippen LogP contribution in [0.1, 0.15) is 20.8 Å². The number of anilines is 2. The van der Waals surface area contributed by atoms with Crippen molar-refractivity contribution in [2.24, 2.45) is 0 Å². The highest BCUT2D eigenvalue weighted by molar-refractivity contribution is 9.10. The van der Waals surface area contributed by atoms with E-state index < -0.39 is 11.7 Å². The van der Waals surface area contributed by atoms with Gasteiger partial charge in [0, 0.05) is 0 Å². The Balaban J connectivity index is 2.70. The molecule has 16 heavy (non-hydrogen) atoms. The average Bonchev–Trinajstić information content (AvgIpc) is 2.06. The number of nitrogen functional groups attached to an aromatic ring is 1. The molecule has 1 rings (SSSR count). The lowest BCUT2D eigenvalue weighted by atomic mass is 10.2. The number of hydrogen-bond acceptors (Lipinski definition) is 4. The molecule has 0 aliphatic carbocycles. The van der Waals surface area contributed by atoms with Crippen LogP contribution in [-0.2, 0) is 4.74 Å². The van der Waals surface area contributed by atoms with Crippen LogP contribution in [0, 0.1) is 0 Å². The molecule has 88 valence electrons. The van der Waals surface area contributed by atoms with E-state index in [0.29, 0.717) is 10.3 Å². The van der Waals surface area contributed by atoms with Gasteiger partial charge in [-0.1, -0.05) is 0 Å². The second kappa shape index (κ2) is 4.69. The first-order valence-electron chi connectivity index (χ1n) is 4.70. The van der Waals surface area contributed by atoms with Crippen LogP contribution in [0.25, 0.3) is 0 Å². The van der Waals surface area contributed by atoms with E-state index >= 15 is 0 Å². The molecule has 1 aromatic heterocycles. The van der Waals surface area contributed by atoms with Gasteiger partial charge in [-0.15, -0.1) is 0 Å². The molecule has 0 spiro atoms. The fourth-order valence-electron chi connectivity index (χ4n) is 0.969. The fraction of sp³-hybridized carbons (Fsp3) is 0.400. The first-order valence-corrected chi connectivity index (χ1v) is 5.49. The summed E-state index contributed by atoms with van der Waals surface area (Å²) in [6.07, 6.45) is -0.552. The van der Waals surface area contributed by atoms with Crippen LogP contribution < -0.4 is 11.1 Å². The van der Waals surface area contributed by atoms with Gasteiger partial charge < -0.3 is 10.5 Å². The number of rotatable bonds is 1. The molecule has 1 heterocycles. The second-order valence-electron chi connectivity index (χ2n) is 4.19. The number of nitrogens with two attached hydrogens (primary N) is 1. The molecule has 0 saturated heterocycles. The van der Waals surface area contributed by atoms with Crippen molar-refractivity contribution in [3.8, 4) is 0 Å². The smallest absolute Gasteiger partial charge is 0.412 e. The van der Waals surface area contributed by atoms with E-state index in [4.69, 9.17) is 10.5 Å². The summed E-state index contributed by atoms with van der Waals surface area (Å²) in [6, 6.07) is 3.33. The number of nitrogens with zero attached hydrogens (tertiary/aromatic N) is 1. The van der Waals surface area contributed by atoms with Gasteiger partial charge >= 0.3 is 6.09 Å². The highest BCUT2D eigenvalue weighted by Gasteiger charge is 2.17. The quantitative estimate of drug-likeness (QED) is 0.779. The summed E-state index contributed by atoms with van der Waals surface area (Å²) >= 11 is 3.18. The molecule has 6 heteroatoms. The van der Waals surface area contributed by atoms with Gasteiger partial charge in [-0.25, -0.2) is 9.78 Å². The molecular weight excluding hydrogens is 274 g/mol. The van der Waals surface area contributed by atoms with E-state index in [-0.39, 0.29) is 5.82 Å². The molecule has 0 aromatic carbocycles. The number of aromatic nitrogens is 1. The minimum Gasteiger partial charge on any atom is -0.444 e. The highest BCUT2D eigenvalue weighted by atomic mass is 79.9. The van der Waals surface area contributed by atoms with Crippen molar-refractivity contribution >= 4 is 33.5 Å². The van der Waals surface area contributed by atoms with Crippen LogP contribution in [-0.4, -0.2) is 16.7 Å². The monoisotopic (exact) mass is 287 g/mol. The molecule has 5 nitrogen and oxygen atoms in total. The molecule has 0 aliphatic rings. The number of pyridine rings is 1. The van der Waals surface area contributed by atoms with Crippen molar-refractivity contribution in [2.45, 2.75) is 26.4 Å². The first-order chi connectivity index (χ1) is 7.28. The van der Waals surface area contributed by atoms with Crippen molar-refractivity contribution in [3.63, 3.8) is 0 Å². The SMILES string of the molecule is CC(C)(C)OC(=O)Nc1ccc(Br)nc1N. The van der Waals surface area contributed by atoms with Crippen LogP contribution >= 0.6 is 15.9 Å². The number of ether oxygens (including phenoxy) is 1. The Morgan fingerprint density at radius 3 is 2.62 bits per heavy atom. The Morgan fingerprint density at radius 2 is 2.12 bits per heavy atom. The van der Waals surface area contributed by atoms with E-state index in [1.54, 1.807) is 32.9 Å². The number of nitrogens with one attached hydrogen (secondary N) is 1. The minimum absolute atomic E-state index is 0.236. The normalized spacial score (nSPS) is 11.0. The standard InChI is InChI=1S/C10H14BrN3O2/c1-10(2,3)16-9(15)13-6-4-5-7(11)14-8(6)12/h4-5H,1-3H3,(H2,12,14)(H,13,15). The molecule has 0 unspecified atom stereocenters. The third-order valence-corrected chi connectivity index (χ3v) is 1.97. The average molecular weight is 288 g/mol. The summed E-state index contributed by atoms with van der Waals surface area (Å²) in [7, 11) is 0. The summed E-state index contributed by atoms with van der Waals surface area (Å²) in [5.41, 5.74) is 5.51. The minimum atomic E-state index is -0.552. The Labute approximate surface area is 103 Å². The molecular formula is C10H14BrN3O2. The summed E-state index contributed by atoms with van der Waals surface area (Å²) in [4.78, 5) is 15.4. The lowest BCUT2D eigenvalue weighted by Crippen LogP contribution is -2.27. The Hall–Kier alpha value is -1.30. The van der Waals surface area contributed by atoms with E-state index in [2.05, 4.69) is 26.2 Å². The maximum Gasteiger partial charge on any atom is 0.412 e. The molecule has 0 aliphatic heterocycles. The molecule has 3 N–H and O–H groups in total. The van der Waals surface area contributed by atoms with E-state index in [1.807, 2.05) is 0 Å². The third kappa shape index (κ3) is 4.06. The van der Waals surface area contributed by atoms with Crippen LogP contribution in [0.5, 0.6) is 0 Å². The van der Waals surface area contributed by atoms with Crippen LogP contribution in [0.15, 0.2) is 16.7 Å². The zero-order valence-corrected chi connectivity index (χ0v) is 11.0. The van der Waals surface area contributed by atoms with Gasteiger partial charge in [0.15, 0.2) is 0 Å². The number of amides is 1. The van der Waals surface area contributed by atoms with Crippen molar-refractivity contribution in [1.29, 1.82) is 0 Å². The Bertz CT molecular complexity index is 402. The van der Waals surface area contributed by atoms with E-state index in [1.165, 1.54) is 0 Å². The number of halogens is 1. The molecule has 1 amide bonds. The van der Waals surface area contributed by atoms with Gasteiger partial charge in [-0.2, -0.15) is 0 Å². The number of carbonyl (C=O) groups is 1. The van der Waals surface area contributed by atoms with Gasteiger partial charge in [-0.05, 0) is 48.8 Å². The van der Waals surface area contributed by atoms with E-state index in [0.717, 1.165) is 0 Å². The lowest BCUT2D eigenvalue weighted by molar-refractivity contribution is 0.0636. The summed E-state index contributed by atoms with van der Waals surface area (Å²) in [6.45, 7) is 5.36. The molecule has 1 aromatic rings. The van der Waals surface area contributed by atoms with Gasteiger partial charge in [0.1, 0.15) is 16.0 Å². The van der Waals surface area contributed by atoms with Gasteiger partial charge in [0.05, 0.1) is 5.69 Å². The Kier molecular flexibility index (Phi) is 3.74. The largest absolute Gasteiger partial charge is 0.444 e. The van der Waals surface area contributed by atoms with Gasteiger partial charge in [-0.3, -0.25) is 5.32 Å². The predicted molar refractivity (Wildman–Crippen MR) is 66.2 cm³/mol. The molecule has 0 saturated carbocycles. The van der Waals surface area contributed by atoms with Crippen LogP contribution in [0.2, 0.25) is 0 Å². The zero-order valence-electron chi connectivity index (χ0n) is 9.37. The highest BCUT2D eigenvalue weighted by Crippen LogP contribution is 2.19.